The summed E-state index contributed by atoms with van der Waals surface area (Å²) in [5, 5.41) is 19.2. The molecule has 1 aromatic heterocycles. The monoisotopic (exact) mass is 482 g/mol. The van der Waals surface area contributed by atoms with Crippen LogP contribution in [0, 0.1) is 23.7 Å². The second-order valence-electron chi connectivity index (χ2n) is 8.03. The number of hydrogen-bond acceptors (Lipinski definition) is 8. The maximum atomic E-state index is 12.6. The minimum absolute atomic E-state index is 0.109. The van der Waals surface area contributed by atoms with Gasteiger partial charge in [-0.1, -0.05) is 18.9 Å². The van der Waals surface area contributed by atoms with Gasteiger partial charge in [0, 0.05) is 41.7 Å². The molecule has 2 heterocycles. The van der Waals surface area contributed by atoms with E-state index in [0.717, 1.165) is 13.0 Å². The first-order valence-electron chi connectivity index (χ1n) is 11.6. The van der Waals surface area contributed by atoms with Gasteiger partial charge in [0.05, 0.1) is 30.0 Å². The number of nitrogens with zero attached hydrogens (tertiary/aromatic N) is 3. The topological polar surface area (TPSA) is 121 Å². The summed E-state index contributed by atoms with van der Waals surface area (Å²) in [6, 6.07) is 10.8. The zero-order valence-corrected chi connectivity index (χ0v) is 19.9. The average Bonchev–Trinajstić information content (AvgIpc) is 3.40. The predicted octanol–water partition coefficient (Wildman–Crippen LogP) is 3.50. The molecule has 4 rings (SSSR count). The maximum Gasteiger partial charge on any atom is 0.248 e. The Balaban J connectivity index is 1.68. The summed E-state index contributed by atoms with van der Waals surface area (Å²) in [5.74, 6) is 3.27. The smallest absolute Gasteiger partial charge is 0.248 e. The Hall–Kier alpha value is -4.44. The third-order valence-electron chi connectivity index (χ3n) is 5.52. The fraction of sp³-hybridized carbons (Fsp3) is 0.259. The molecule has 2 aromatic carbocycles. The number of terminal acetylenes is 1. The first-order chi connectivity index (χ1) is 17.6. The van der Waals surface area contributed by atoms with Gasteiger partial charge < -0.3 is 25.4 Å². The zero-order valence-electron chi connectivity index (χ0n) is 19.9. The number of amides is 1. The van der Waals surface area contributed by atoms with Gasteiger partial charge in [-0.3, -0.25) is 4.79 Å². The molecule has 1 unspecified atom stereocenters. The summed E-state index contributed by atoms with van der Waals surface area (Å²) < 4.78 is 11.6. The highest BCUT2D eigenvalue weighted by Crippen LogP contribution is 2.34. The first kappa shape index (κ1) is 24.7. The highest BCUT2D eigenvalue weighted by Gasteiger charge is 2.20. The molecule has 182 valence electrons. The summed E-state index contributed by atoms with van der Waals surface area (Å²) in [6.45, 7) is 4.53. The van der Waals surface area contributed by atoms with Gasteiger partial charge in [0.1, 0.15) is 30.1 Å². The maximum absolute atomic E-state index is 12.6. The summed E-state index contributed by atoms with van der Waals surface area (Å²) in [7, 11) is 0. The molecule has 1 aliphatic heterocycles. The van der Waals surface area contributed by atoms with Crippen LogP contribution >= 0.6 is 0 Å². The Morgan fingerprint density at radius 2 is 2.19 bits per heavy atom. The Bertz CT molecular complexity index is 1370. The molecule has 1 atom stereocenters. The van der Waals surface area contributed by atoms with Crippen LogP contribution in [0.2, 0.25) is 0 Å². The Labute approximate surface area is 209 Å². The normalized spacial score (nSPS) is 14.9. The Kier molecular flexibility index (Phi) is 8.09. The number of ether oxygens (including phenoxy) is 2. The van der Waals surface area contributed by atoms with Crippen LogP contribution in [-0.2, 0) is 9.53 Å². The molecule has 0 bridgehead atoms. The molecule has 1 fully saturated rings. The molecule has 0 aliphatic carbocycles. The van der Waals surface area contributed by atoms with Crippen LogP contribution in [0.5, 0.6) is 5.75 Å². The van der Waals surface area contributed by atoms with Crippen LogP contribution in [0.1, 0.15) is 24.5 Å². The molecule has 0 spiro atoms. The van der Waals surface area contributed by atoms with Crippen molar-refractivity contribution in [2.24, 2.45) is 0 Å². The van der Waals surface area contributed by atoms with Gasteiger partial charge in [-0.2, -0.15) is 5.26 Å². The van der Waals surface area contributed by atoms with Gasteiger partial charge in [-0.15, -0.1) is 6.42 Å². The molecule has 36 heavy (non-hydrogen) atoms. The van der Waals surface area contributed by atoms with E-state index >= 15 is 0 Å². The van der Waals surface area contributed by atoms with E-state index in [2.05, 4.69) is 37.9 Å². The van der Waals surface area contributed by atoms with Crippen molar-refractivity contribution in [2.75, 3.05) is 36.9 Å². The van der Waals surface area contributed by atoms with E-state index in [9.17, 15) is 10.1 Å². The third-order valence-corrected chi connectivity index (χ3v) is 5.52. The number of nitriles is 1. The second-order valence-corrected chi connectivity index (χ2v) is 8.03. The number of nitrogens with one attached hydrogen (secondary N) is 3. The predicted molar refractivity (Wildman–Crippen MR) is 138 cm³/mol. The number of aromatic nitrogens is 2. The van der Waals surface area contributed by atoms with Crippen molar-refractivity contribution in [2.45, 2.75) is 19.4 Å². The molecule has 9 heteroatoms. The van der Waals surface area contributed by atoms with Crippen LogP contribution in [0.3, 0.4) is 0 Å². The van der Waals surface area contributed by atoms with Crippen molar-refractivity contribution >= 4 is 34.0 Å². The van der Waals surface area contributed by atoms with Crippen molar-refractivity contribution in [1.29, 1.82) is 5.26 Å². The SMILES string of the molecule is C#Cc1cc(Nc2ncnc3cc(OC4CCOC4)c(NC(=O)C=CCNCC)cc23)ccc1C#N. The van der Waals surface area contributed by atoms with Crippen molar-refractivity contribution < 1.29 is 14.3 Å². The lowest BCUT2D eigenvalue weighted by Gasteiger charge is -2.17. The molecule has 3 aromatic rings. The number of benzene rings is 2. The average molecular weight is 483 g/mol. The van der Waals surface area contributed by atoms with E-state index < -0.39 is 0 Å². The fourth-order valence-electron chi connectivity index (χ4n) is 3.71. The van der Waals surface area contributed by atoms with Gasteiger partial charge in [0.2, 0.25) is 5.91 Å². The molecule has 9 nitrogen and oxygen atoms in total. The van der Waals surface area contributed by atoms with E-state index in [-0.39, 0.29) is 12.0 Å². The van der Waals surface area contributed by atoms with Crippen molar-refractivity contribution in [3.8, 4) is 24.2 Å². The standard InChI is InChI=1S/C27H26N6O3/c1-3-18-12-20(8-7-19(18)15-28)32-27-22-13-24(33-26(34)6-5-10-29-4-2)25(14-23(22)30-17-31-27)36-21-9-11-35-16-21/h1,5-8,12-14,17,21,29H,4,9-11,16H2,2H3,(H,33,34)(H,30,31,32). The minimum Gasteiger partial charge on any atom is -0.486 e. The lowest BCUT2D eigenvalue weighted by molar-refractivity contribution is -0.111. The molecule has 1 aliphatic rings. The zero-order chi connectivity index (χ0) is 25.3. The number of fused-ring (bicyclic) bond motifs is 1. The molecule has 3 N–H and O–H groups in total. The van der Waals surface area contributed by atoms with Gasteiger partial charge in [-0.25, -0.2) is 9.97 Å². The van der Waals surface area contributed by atoms with Gasteiger partial charge in [0.25, 0.3) is 0 Å². The molecule has 1 amide bonds. The van der Waals surface area contributed by atoms with E-state index in [0.29, 0.717) is 64.7 Å². The molecular weight excluding hydrogens is 456 g/mol. The van der Waals surface area contributed by atoms with E-state index in [4.69, 9.17) is 15.9 Å². The largest absolute Gasteiger partial charge is 0.486 e. The number of anilines is 3. The second kappa shape index (κ2) is 11.8. The van der Waals surface area contributed by atoms with E-state index in [1.165, 1.54) is 12.4 Å². The Morgan fingerprint density at radius 3 is 2.94 bits per heavy atom. The summed E-state index contributed by atoms with van der Waals surface area (Å²) in [6.07, 6.45) is 10.9. The van der Waals surface area contributed by atoms with Crippen LogP contribution in [0.25, 0.3) is 10.9 Å². The van der Waals surface area contributed by atoms with E-state index in [1.54, 1.807) is 36.4 Å². The number of carbonyl (C=O) groups excluding carboxylic acids is 1. The number of rotatable bonds is 9. The molecule has 0 saturated carbocycles. The van der Waals surface area contributed by atoms with Crippen molar-refractivity contribution in [1.82, 2.24) is 15.3 Å². The van der Waals surface area contributed by atoms with Crippen LogP contribution < -0.4 is 20.7 Å². The quantitative estimate of drug-likeness (QED) is 0.241. The van der Waals surface area contributed by atoms with Crippen molar-refractivity contribution in [3.63, 3.8) is 0 Å². The van der Waals surface area contributed by atoms with E-state index in [1.807, 2.05) is 6.92 Å². The number of likely N-dealkylation sites (N-methyl/N-ethyl adjacent to an activating group) is 1. The molecule has 1 saturated heterocycles. The first-order valence-corrected chi connectivity index (χ1v) is 11.6. The van der Waals surface area contributed by atoms with Gasteiger partial charge in [0.15, 0.2) is 0 Å². The molecule has 0 radical (unpaired) electrons. The third kappa shape index (κ3) is 5.97. The highest BCUT2D eigenvalue weighted by molar-refractivity contribution is 6.03. The van der Waals surface area contributed by atoms with Crippen LogP contribution in [0.15, 0.2) is 48.8 Å². The number of hydrogen-bond donors (Lipinski definition) is 3. The van der Waals surface area contributed by atoms with Crippen LogP contribution in [0.4, 0.5) is 17.2 Å². The van der Waals surface area contributed by atoms with Gasteiger partial charge >= 0.3 is 0 Å². The lowest BCUT2D eigenvalue weighted by Crippen LogP contribution is -2.18. The van der Waals surface area contributed by atoms with Gasteiger partial charge in [-0.05, 0) is 30.8 Å². The summed E-state index contributed by atoms with van der Waals surface area (Å²) >= 11 is 0. The minimum atomic E-state index is -0.281. The number of carbonyl (C=O) groups is 1. The van der Waals surface area contributed by atoms with Crippen molar-refractivity contribution in [3.05, 3.63) is 59.9 Å². The molecular formula is C27H26N6O3. The highest BCUT2D eigenvalue weighted by atomic mass is 16.5. The Morgan fingerprint density at radius 1 is 1.31 bits per heavy atom. The fourth-order valence-corrected chi connectivity index (χ4v) is 3.71. The lowest BCUT2D eigenvalue weighted by atomic mass is 10.1. The summed E-state index contributed by atoms with van der Waals surface area (Å²) in [5.41, 5.74) is 2.69. The van der Waals surface area contributed by atoms with Crippen LogP contribution in [-0.4, -0.2) is 48.3 Å². The summed E-state index contributed by atoms with van der Waals surface area (Å²) in [4.78, 5) is 21.4.